The molecule has 3 nitrogen and oxygen atoms in total. The number of hydrogen-bond donors (Lipinski definition) is 0. The zero-order valence-electron chi connectivity index (χ0n) is 29.8. The predicted octanol–water partition coefficient (Wildman–Crippen LogP) is 12.5. The average Bonchev–Trinajstić information content (AvgIpc) is 3.72. The predicted molar refractivity (Wildman–Crippen MR) is 226 cm³/mol. The first-order valence-corrected chi connectivity index (χ1v) is 20.2. The molecule has 11 rings (SSSR count). The van der Waals surface area contributed by atoms with Gasteiger partial charge in [-0.05, 0) is 0 Å². The Labute approximate surface area is 319 Å². The van der Waals surface area contributed by atoms with Crippen molar-refractivity contribution in [2.45, 2.75) is 19.3 Å². The Hall–Kier alpha value is -6.19. The van der Waals surface area contributed by atoms with E-state index in [2.05, 4.69) is 159 Å². The van der Waals surface area contributed by atoms with Gasteiger partial charge in [0.05, 0.1) is 0 Å². The molecule has 0 saturated carbocycles. The van der Waals surface area contributed by atoms with Crippen LogP contribution in [0.1, 0.15) is 25.0 Å². The summed E-state index contributed by atoms with van der Waals surface area (Å²) in [4.78, 5) is 15.7. The molecule has 2 aromatic heterocycles. The average molecular weight is 755 g/mol. The molecule has 10 aromatic rings. The number of rotatable bonds is 4. The van der Waals surface area contributed by atoms with E-state index >= 15 is 0 Å². The van der Waals surface area contributed by atoms with Crippen molar-refractivity contribution in [1.82, 2.24) is 15.0 Å². The monoisotopic (exact) mass is 755 g/mol. The van der Waals surface area contributed by atoms with Crippen molar-refractivity contribution in [3.8, 4) is 56.4 Å². The molecule has 0 radical (unpaired) electrons. The molecule has 8 aromatic carbocycles. The molecule has 0 saturated heterocycles. The normalized spacial score (nSPS) is 13.1. The van der Waals surface area contributed by atoms with Gasteiger partial charge >= 0.3 is 297 Å². The molecule has 0 fully saturated rings. The molecule has 0 aliphatic heterocycles. The summed E-state index contributed by atoms with van der Waals surface area (Å²) < 4.78 is 2.86. The standard InChI is InChI=1S/C50H33N3Se/c1-50(2)42-20-12-11-19-37(42)38-25-24-34(29-43(38)50)48-51-47(33-16-7-4-8-17-33)52-49(53-48)35-27-40(30-13-5-3-6-14-30)45-41(28-35)39-26-23-32-22-21-31-15-9-10-18-36(31)44(32)46(39)54-45/h3-29H,1-2H3. The molecule has 0 unspecified atom stereocenters. The molecule has 54 heavy (non-hydrogen) atoms. The van der Waals surface area contributed by atoms with Crippen molar-refractivity contribution in [2.24, 2.45) is 0 Å². The Kier molecular flexibility index (Phi) is 6.91. The van der Waals surface area contributed by atoms with E-state index in [0.29, 0.717) is 17.5 Å². The van der Waals surface area contributed by atoms with E-state index in [1.54, 1.807) is 0 Å². The van der Waals surface area contributed by atoms with Gasteiger partial charge < -0.3 is 0 Å². The molecule has 0 atom stereocenters. The molecule has 1 aliphatic rings. The summed E-state index contributed by atoms with van der Waals surface area (Å²) in [5.74, 6) is 2.02. The van der Waals surface area contributed by atoms with E-state index < -0.39 is 0 Å². The second kappa shape index (κ2) is 11.9. The van der Waals surface area contributed by atoms with Crippen molar-refractivity contribution >= 4 is 55.3 Å². The fraction of sp³-hybridized carbons (Fsp3) is 0.0600. The third-order valence-electron chi connectivity index (χ3n) is 11.3. The van der Waals surface area contributed by atoms with Crippen molar-refractivity contribution < 1.29 is 0 Å². The summed E-state index contributed by atoms with van der Waals surface area (Å²) in [5.41, 5.74) is 10.5. The summed E-state index contributed by atoms with van der Waals surface area (Å²) in [7, 11) is 0. The molecular formula is C50H33N3Se. The Bertz CT molecular complexity index is 3120. The van der Waals surface area contributed by atoms with Gasteiger partial charge in [0.2, 0.25) is 0 Å². The molecule has 0 N–H and O–H groups in total. The fourth-order valence-corrected chi connectivity index (χ4v) is 11.5. The van der Waals surface area contributed by atoms with E-state index in [0.717, 1.165) is 16.7 Å². The number of aromatic nitrogens is 3. The molecule has 0 bridgehead atoms. The maximum absolute atomic E-state index is 5.31. The van der Waals surface area contributed by atoms with E-state index in [9.17, 15) is 0 Å². The zero-order valence-corrected chi connectivity index (χ0v) is 31.6. The van der Waals surface area contributed by atoms with Crippen molar-refractivity contribution in [3.05, 3.63) is 175 Å². The minimum atomic E-state index is -0.130. The minimum absolute atomic E-state index is 0.103. The van der Waals surface area contributed by atoms with Gasteiger partial charge in [0.25, 0.3) is 0 Å². The zero-order chi connectivity index (χ0) is 36.0. The van der Waals surface area contributed by atoms with Gasteiger partial charge in [-0.2, -0.15) is 0 Å². The van der Waals surface area contributed by atoms with Crippen LogP contribution >= 0.6 is 0 Å². The molecule has 0 amide bonds. The van der Waals surface area contributed by atoms with E-state index in [4.69, 9.17) is 15.0 Å². The van der Waals surface area contributed by atoms with Gasteiger partial charge in [-0.25, -0.2) is 0 Å². The molecular weight excluding hydrogens is 722 g/mol. The number of hydrogen-bond acceptors (Lipinski definition) is 3. The summed E-state index contributed by atoms with van der Waals surface area (Å²) in [6.45, 7) is 4.63. The summed E-state index contributed by atoms with van der Waals surface area (Å²) in [5, 5.41) is 7.84. The summed E-state index contributed by atoms with van der Waals surface area (Å²) in [6.07, 6.45) is 0. The van der Waals surface area contributed by atoms with E-state index in [1.165, 1.54) is 74.2 Å². The van der Waals surface area contributed by atoms with Crippen LogP contribution in [0.3, 0.4) is 0 Å². The molecule has 254 valence electrons. The van der Waals surface area contributed by atoms with Crippen LogP contribution in [0, 0.1) is 0 Å². The van der Waals surface area contributed by atoms with Gasteiger partial charge in [-0.3, -0.25) is 0 Å². The second-order valence-electron chi connectivity index (χ2n) is 14.8. The fourth-order valence-electron chi connectivity index (χ4n) is 8.58. The Morgan fingerprint density at radius 3 is 1.83 bits per heavy atom. The molecule has 2 heterocycles. The molecule has 1 aliphatic carbocycles. The van der Waals surface area contributed by atoms with E-state index in [-0.39, 0.29) is 19.9 Å². The van der Waals surface area contributed by atoms with Crippen LogP contribution in [0.4, 0.5) is 0 Å². The van der Waals surface area contributed by atoms with Gasteiger partial charge in [-0.1, -0.05) is 24.3 Å². The topological polar surface area (TPSA) is 38.7 Å². The van der Waals surface area contributed by atoms with Crippen LogP contribution in [-0.2, 0) is 5.41 Å². The number of nitrogens with zero attached hydrogens (tertiary/aromatic N) is 3. The van der Waals surface area contributed by atoms with E-state index in [1.807, 2.05) is 18.2 Å². The van der Waals surface area contributed by atoms with Gasteiger partial charge in [0.1, 0.15) is 0 Å². The quantitative estimate of drug-likeness (QED) is 0.133. The van der Waals surface area contributed by atoms with Crippen LogP contribution in [0.15, 0.2) is 164 Å². The first kappa shape index (κ1) is 31.3. The van der Waals surface area contributed by atoms with Gasteiger partial charge in [0.15, 0.2) is 0 Å². The summed E-state index contributed by atoms with van der Waals surface area (Å²) in [6, 6.07) is 59.2. The van der Waals surface area contributed by atoms with Gasteiger partial charge in [0, 0.05) is 0 Å². The first-order chi connectivity index (χ1) is 26.5. The Morgan fingerprint density at radius 1 is 0.389 bits per heavy atom. The third-order valence-corrected chi connectivity index (χ3v) is 14.0. The van der Waals surface area contributed by atoms with Crippen LogP contribution < -0.4 is 0 Å². The van der Waals surface area contributed by atoms with Crippen molar-refractivity contribution in [3.63, 3.8) is 0 Å². The van der Waals surface area contributed by atoms with Crippen molar-refractivity contribution in [1.29, 1.82) is 0 Å². The van der Waals surface area contributed by atoms with Crippen LogP contribution in [0.5, 0.6) is 0 Å². The van der Waals surface area contributed by atoms with Gasteiger partial charge in [-0.15, -0.1) is 0 Å². The molecule has 4 heteroatoms. The SMILES string of the molecule is CC1(C)c2ccccc2-c2ccc(-c3nc(-c4ccccc4)nc(-c4cc(-c5ccccc5)c5[se]c6c(ccc7ccc8ccccc8c76)c5c4)n3)cc21. The molecule has 0 spiro atoms. The maximum atomic E-state index is 5.31. The second-order valence-corrected chi connectivity index (χ2v) is 16.9. The Balaban J connectivity index is 1.17. The van der Waals surface area contributed by atoms with Crippen molar-refractivity contribution in [2.75, 3.05) is 0 Å². The van der Waals surface area contributed by atoms with Crippen LogP contribution in [0.2, 0.25) is 0 Å². The summed E-state index contributed by atoms with van der Waals surface area (Å²) >= 11 is 0.103. The number of fused-ring (bicyclic) bond motifs is 10. The van der Waals surface area contributed by atoms with Crippen LogP contribution in [-0.4, -0.2) is 29.5 Å². The Morgan fingerprint density at radius 2 is 1.02 bits per heavy atom. The number of benzene rings is 8. The van der Waals surface area contributed by atoms with Crippen LogP contribution in [0.25, 0.3) is 97.3 Å². The third kappa shape index (κ3) is 4.77. The first-order valence-electron chi connectivity index (χ1n) is 18.4.